The third kappa shape index (κ3) is 4.86. The standard InChI is InChI=1S/C35H32N2O5/c1-22-13-25-14-28-35(38)37(19-23-9-5-3-6-10-23)29(34(36-28)27(25)17-30(22)39-2)15-26-16-32-33(42-21-41-32)18-31(26)40-20-24-11-7-4-8-12-24/h3-13,15-18,28,34,36H,14,19-21H2,1-2H3/b29-15+/t28-,34+/m0/s1. The smallest absolute Gasteiger partial charge is 0.244 e. The molecule has 1 N–H and O–H groups in total. The van der Waals surface area contributed by atoms with Crippen molar-refractivity contribution in [3.8, 4) is 23.0 Å². The van der Waals surface area contributed by atoms with Crippen molar-refractivity contribution in [2.24, 2.45) is 0 Å². The Morgan fingerprint density at radius 1 is 0.929 bits per heavy atom. The average Bonchev–Trinajstić information content (AvgIpc) is 3.48. The Kier molecular flexibility index (Phi) is 6.80. The molecule has 0 aromatic heterocycles. The van der Waals surface area contributed by atoms with Crippen LogP contribution in [0.1, 0.15) is 39.4 Å². The highest BCUT2D eigenvalue weighted by molar-refractivity contribution is 5.88. The lowest BCUT2D eigenvalue weighted by atomic mass is 9.83. The molecule has 212 valence electrons. The zero-order valence-corrected chi connectivity index (χ0v) is 23.6. The first-order valence-corrected chi connectivity index (χ1v) is 14.2. The molecule has 7 heteroatoms. The second-order valence-corrected chi connectivity index (χ2v) is 10.9. The quantitative estimate of drug-likeness (QED) is 0.301. The van der Waals surface area contributed by atoms with Crippen molar-refractivity contribution in [1.29, 1.82) is 0 Å². The SMILES string of the molecule is COc1cc2c(cc1C)C[C@@H]1N[C@H]2/C(=C\c2cc3c(cc2OCc2ccccc2)OCO3)N(Cc2ccccc2)C1=O. The van der Waals surface area contributed by atoms with Gasteiger partial charge in [-0.05, 0) is 59.4 Å². The Morgan fingerprint density at radius 3 is 2.38 bits per heavy atom. The molecule has 42 heavy (non-hydrogen) atoms. The summed E-state index contributed by atoms with van der Waals surface area (Å²) in [6.07, 6.45) is 2.68. The summed E-state index contributed by atoms with van der Waals surface area (Å²) in [7, 11) is 1.69. The van der Waals surface area contributed by atoms with Gasteiger partial charge in [-0.15, -0.1) is 0 Å². The zero-order valence-electron chi connectivity index (χ0n) is 23.6. The van der Waals surface area contributed by atoms with Crippen molar-refractivity contribution in [3.05, 3.63) is 124 Å². The predicted molar refractivity (Wildman–Crippen MR) is 159 cm³/mol. The first-order chi connectivity index (χ1) is 20.6. The number of piperazine rings is 1. The van der Waals surface area contributed by atoms with Crippen molar-refractivity contribution < 1.29 is 23.7 Å². The Hall–Kier alpha value is -4.75. The first-order valence-electron chi connectivity index (χ1n) is 14.2. The molecule has 7 rings (SSSR count). The number of fused-ring (bicyclic) bond motifs is 5. The highest BCUT2D eigenvalue weighted by atomic mass is 16.7. The van der Waals surface area contributed by atoms with E-state index in [0.29, 0.717) is 36.8 Å². The molecule has 3 heterocycles. The summed E-state index contributed by atoms with van der Waals surface area (Å²) in [6.45, 7) is 3.06. The van der Waals surface area contributed by atoms with E-state index in [1.807, 2.05) is 72.5 Å². The predicted octanol–water partition coefficient (Wildman–Crippen LogP) is 5.95. The molecule has 3 aliphatic heterocycles. The van der Waals surface area contributed by atoms with E-state index in [1.165, 1.54) is 0 Å². The molecule has 3 aliphatic rings. The van der Waals surface area contributed by atoms with Gasteiger partial charge in [-0.1, -0.05) is 66.7 Å². The van der Waals surface area contributed by atoms with E-state index in [2.05, 4.69) is 35.7 Å². The Labute approximate surface area is 245 Å². The van der Waals surface area contributed by atoms with Gasteiger partial charge in [-0.3, -0.25) is 10.1 Å². The summed E-state index contributed by atoms with van der Waals surface area (Å²) in [4.78, 5) is 16.0. The third-order valence-corrected chi connectivity index (χ3v) is 8.16. The van der Waals surface area contributed by atoms with E-state index >= 15 is 0 Å². The van der Waals surface area contributed by atoms with Crippen molar-refractivity contribution in [1.82, 2.24) is 10.2 Å². The summed E-state index contributed by atoms with van der Waals surface area (Å²) in [6, 6.07) is 27.7. The molecule has 2 bridgehead atoms. The monoisotopic (exact) mass is 560 g/mol. The van der Waals surface area contributed by atoms with Crippen LogP contribution < -0.4 is 24.3 Å². The number of amides is 1. The van der Waals surface area contributed by atoms with Gasteiger partial charge >= 0.3 is 0 Å². The fraction of sp³-hybridized carbons (Fsp3) is 0.229. The maximum Gasteiger partial charge on any atom is 0.244 e. The van der Waals surface area contributed by atoms with Gasteiger partial charge in [0.15, 0.2) is 11.5 Å². The Bertz CT molecular complexity index is 1670. The molecule has 4 aromatic carbocycles. The Balaban J connectivity index is 1.36. The number of carbonyl (C=O) groups excluding carboxylic acids is 1. The molecule has 0 unspecified atom stereocenters. The molecule has 1 saturated heterocycles. The molecule has 0 aliphatic carbocycles. The number of benzene rings is 4. The maximum absolute atomic E-state index is 14.1. The minimum absolute atomic E-state index is 0.0490. The molecule has 4 aromatic rings. The van der Waals surface area contributed by atoms with Crippen LogP contribution in [0.15, 0.2) is 90.6 Å². The number of hydrogen-bond acceptors (Lipinski definition) is 6. The van der Waals surface area contributed by atoms with Gasteiger partial charge in [0.05, 0.1) is 25.7 Å². The number of ether oxygens (including phenoxy) is 4. The van der Waals surface area contributed by atoms with Gasteiger partial charge in [0, 0.05) is 17.3 Å². The van der Waals surface area contributed by atoms with Crippen molar-refractivity contribution in [2.45, 2.75) is 38.6 Å². The van der Waals surface area contributed by atoms with Crippen molar-refractivity contribution in [2.75, 3.05) is 13.9 Å². The number of carbonyl (C=O) groups is 1. The number of nitrogens with one attached hydrogen (secondary N) is 1. The van der Waals surface area contributed by atoms with Crippen LogP contribution in [0.3, 0.4) is 0 Å². The second kappa shape index (κ2) is 10.9. The average molecular weight is 561 g/mol. The van der Waals surface area contributed by atoms with Gasteiger partial charge in [0.2, 0.25) is 12.7 Å². The number of hydrogen-bond donors (Lipinski definition) is 1. The van der Waals surface area contributed by atoms with Gasteiger partial charge in [0.1, 0.15) is 18.1 Å². The lowest BCUT2D eigenvalue weighted by Crippen LogP contribution is -2.57. The topological polar surface area (TPSA) is 69.3 Å². The third-order valence-electron chi connectivity index (χ3n) is 8.16. The van der Waals surface area contributed by atoms with E-state index in [-0.39, 0.29) is 24.8 Å². The van der Waals surface area contributed by atoms with Crippen LogP contribution in [-0.4, -0.2) is 30.8 Å². The van der Waals surface area contributed by atoms with Crippen LogP contribution in [0.4, 0.5) is 0 Å². The Morgan fingerprint density at radius 2 is 1.64 bits per heavy atom. The normalized spacial score (nSPS) is 19.5. The maximum atomic E-state index is 14.1. The summed E-state index contributed by atoms with van der Waals surface area (Å²) < 4.78 is 23.5. The van der Waals surface area contributed by atoms with Gasteiger partial charge < -0.3 is 23.8 Å². The number of nitrogens with zero attached hydrogens (tertiary/aromatic N) is 1. The number of aryl methyl sites for hydroxylation is 1. The van der Waals surface area contributed by atoms with E-state index in [4.69, 9.17) is 18.9 Å². The van der Waals surface area contributed by atoms with Crippen LogP contribution in [0.2, 0.25) is 0 Å². The number of rotatable bonds is 7. The molecule has 0 radical (unpaired) electrons. The molecule has 0 spiro atoms. The van der Waals surface area contributed by atoms with Crippen LogP contribution in [0.25, 0.3) is 6.08 Å². The van der Waals surface area contributed by atoms with E-state index in [1.54, 1.807) is 7.11 Å². The molecule has 1 fully saturated rings. The van der Waals surface area contributed by atoms with Crippen LogP contribution in [-0.2, 0) is 24.4 Å². The number of methoxy groups -OCH3 is 1. The summed E-state index contributed by atoms with van der Waals surface area (Å²) in [5.74, 6) is 2.82. The molecule has 7 nitrogen and oxygen atoms in total. The summed E-state index contributed by atoms with van der Waals surface area (Å²) >= 11 is 0. The fourth-order valence-electron chi connectivity index (χ4n) is 6.04. The van der Waals surface area contributed by atoms with Gasteiger partial charge in [-0.2, -0.15) is 0 Å². The molecular weight excluding hydrogens is 528 g/mol. The fourth-order valence-corrected chi connectivity index (χ4v) is 6.04. The van der Waals surface area contributed by atoms with E-state index in [0.717, 1.165) is 44.8 Å². The molecule has 0 saturated carbocycles. The van der Waals surface area contributed by atoms with Crippen LogP contribution >= 0.6 is 0 Å². The van der Waals surface area contributed by atoms with Crippen molar-refractivity contribution in [3.63, 3.8) is 0 Å². The molecule has 2 atom stereocenters. The lowest BCUT2D eigenvalue weighted by molar-refractivity contribution is -0.135. The summed E-state index contributed by atoms with van der Waals surface area (Å²) in [5, 5.41) is 3.63. The van der Waals surface area contributed by atoms with Crippen LogP contribution in [0.5, 0.6) is 23.0 Å². The van der Waals surface area contributed by atoms with Gasteiger partial charge in [-0.25, -0.2) is 0 Å². The van der Waals surface area contributed by atoms with Crippen molar-refractivity contribution >= 4 is 12.0 Å². The summed E-state index contributed by atoms with van der Waals surface area (Å²) in [5.41, 5.74) is 7.09. The molecule has 1 amide bonds. The van der Waals surface area contributed by atoms with E-state index < -0.39 is 0 Å². The minimum atomic E-state index is -0.318. The van der Waals surface area contributed by atoms with Crippen LogP contribution in [0, 0.1) is 6.92 Å². The highest BCUT2D eigenvalue weighted by Gasteiger charge is 2.43. The zero-order chi connectivity index (χ0) is 28.6. The molecular formula is C35H32N2O5. The first kappa shape index (κ1) is 26.2. The largest absolute Gasteiger partial charge is 0.496 e. The van der Waals surface area contributed by atoms with Gasteiger partial charge in [0.25, 0.3) is 0 Å². The minimum Gasteiger partial charge on any atom is -0.496 e. The second-order valence-electron chi connectivity index (χ2n) is 10.9. The lowest BCUT2D eigenvalue weighted by Gasteiger charge is -2.45. The van der Waals surface area contributed by atoms with E-state index in [9.17, 15) is 4.79 Å². The highest BCUT2D eigenvalue weighted by Crippen LogP contribution is 2.44.